The van der Waals surface area contributed by atoms with E-state index in [0.29, 0.717) is 11.5 Å². The Morgan fingerprint density at radius 3 is 2.60 bits per heavy atom. The van der Waals surface area contributed by atoms with Crippen LogP contribution in [0.5, 0.6) is 0 Å². The zero-order valence-corrected chi connectivity index (χ0v) is 11.4. The first-order valence-electron chi connectivity index (χ1n) is 6.37. The van der Waals surface area contributed by atoms with Gasteiger partial charge >= 0.3 is 0 Å². The van der Waals surface area contributed by atoms with Gasteiger partial charge in [-0.3, -0.25) is 4.98 Å². The van der Waals surface area contributed by atoms with Gasteiger partial charge in [-0.25, -0.2) is 0 Å². The van der Waals surface area contributed by atoms with Gasteiger partial charge in [0, 0.05) is 6.20 Å². The van der Waals surface area contributed by atoms with E-state index in [2.05, 4.69) is 29.1 Å². The van der Waals surface area contributed by atoms with Gasteiger partial charge in [-0.15, -0.1) is 5.10 Å². The number of rotatable bonds is 2. The molecule has 0 saturated heterocycles. The highest BCUT2D eigenvalue weighted by Crippen LogP contribution is 2.24. The van der Waals surface area contributed by atoms with Gasteiger partial charge < -0.3 is 5.73 Å². The van der Waals surface area contributed by atoms with Crippen molar-refractivity contribution in [1.29, 1.82) is 0 Å². The molecule has 0 aliphatic carbocycles. The molecule has 0 spiro atoms. The zero-order valence-electron chi connectivity index (χ0n) is 11.4. The molecule has 3 rings (SSSR count). The minimum atomic E-state index is 0.493. The van der Waals surface area contributed by atoms with E-state index in [1.165, 1.54) is 11.1 Å². The van der Waals surface area contributed by atoms with E-state index in [9.17, 15) is 0 Å². The number of hydrogen-bond donors (Lipinski definition) is 1. The summed E-state index contributed by atoms with van der Waals surface area (Å²) in [5, 5.41) is 8.27. The van der Waals surface area contributed by atoms with E-state index in [1.807, 2.05) is 36.4 Å². The van der Waals surface area contributed by atoms with Crippen molar-refractivity contribution >= 4 is 5.82 Å². The predicted molar refractivity (Wildman–Crippen MR) is 78.5 cm³/mol. The lowest BCUT2D eigenvalue weighted by molar-refractivity contribution is 0.809. The number of aryl methyl sites for hydroxylation is 2. The summed E-state index contributed by atoms with van der Waals surface area (Å²) in [6, 6.07) is 11.7. The lowest BCUT2D eigenvalue weighted by Crippen LogP contribution is -2.03. The Morgan fingerprint density at radius 1 is 1.05 bits per heavy atom. The van der Waals surface area contributed by atoms with Crippen LogP contribution in [-0.2, 0) is 0 Å². The Balaban J connectivity index is 2.08. The number of nitrogens with zero attached hydrogens (tertiary/aromatic N) is 4. The molecule has 0 bridgehead atoms. The number of anilines is 1. The third-order valence-corrected chi connectivity index (χ3v) is 3.35. The first kappa shape index (κ1) is 12.3. The Bertz CT molecular complexity index is 746. The molecule has 0 amide bonds. The third kappa shape index (κ3) is 2.03. The predicted octanol–water partition coefficient (Wildman–Crippen LogP) is 2.53. The van der Waals surface area contributed by atoms with Gasteiger partial charge in [0.25, 0.3) is 0 Å². The molecule has 0 fully saturated rings. The van der Waals surface area contributed by atoms with Crippen molar-refractivity contribution in [2.45, 2.75) is 13.8 Å². The second-order valence-corrected chi connectivity index (χ2v) is 4.72. The van der Waals surface area contributed by atoms with Crippen molar-refractivity contribution in [3.8, 4) is 17.1 Å². The van der Waals surface area contributed by atoms with Crippen LogP contribution in [0, 0.1) is 13.8 Å². The topological polar surface area (TPSA) is 69.6 Å². The highest BCUT2D eigenvalue weighted by molar-refractivity contribution is 5.67. The highest BCUT2D eigenvalue weighted by atomic mass is 15.5. The van der Waals surface area contributed by atoms with Crippen molar-refractivity contribution in [2.75, 3.05) is 5.73 Å². The molecule has 5 heteroatoms. The van der Waals surface area contributed by atoms with Crippen LogP contribution in [-0.4, -0.2) is 20.0 Å². The van der Waals surface area contributed by atoms with Crippen LogP contribution >= 0.6 is 0 Å². The fourth-order valence-electron chi connectivity index (χ4n) is 2.02. The maximum absolute atomic E-state index is 6.15. The molecule has 100 valence electrons. The normalized spacial score (nSPS) is 10.7. The average molecular weight is 265 g/mol. The van der Waals surface area contributed by atoms with Crippen molar-refractivity contribution in [3.63, 3.8) is 0 Å². The van der Waals surface area contributed by atoms with Gasteiger partial charge in [0.15, 0.2) is 11.5 Å². The van der Waals surface area contributed by atoms with Crippen LogP contribution in [0.4, 0.5) is 5.82 Å². The summed E-state index contributed by atoms with van der Waals surface area (Å²) in [4.78, 5) is 4.25. The van der Waals surface area contributed by atoms with Gasteiger partial charge in [-0.05, 0) is 49.2 Å². The van der Waals surface area contributed by atoms with E-state index >= 15 is 0 Å². The third-order valence-electron chi connectivity index (χ3n) is 3.35. The smallest absolute Gasteiger partial charge is 0.157 e. The van der Waals surface area contributed by atoms with Gasteiger partial charge in [0.05, 0.1) is 11.4 Å². The molecule has 3 aromatic rings. The van der Waals surface area contributed by atoms with E-state index in [1.54, 1.807) is 10.9 Å². The Labute approximate surface area is 117 Å². The largest absolute Gasteiger partial charge is 0.382 e. The van der Waals surface area contributed by atoms with Crippen molar-refractivity contribution in [2.24, 2.45) is 0 Å². The zero-order chi connectivity index (χ0) is 14.1. The van der Waals surface area contributed by atoms with E-state index in [4.69, 9.17) is 5.73 Å². The highest BCUT2D eigenvalue weighted by Gasteiger charge is 2.13. The quantitative estimate of drug-likeness (QED) is 0.773. The molecule has 1 aromatic carbocycles. The van der Waals surface area contributed by atoms with Crippen LogP contribution in [0.1, 0.15) is 11.1 Å². The molecule has 5 nitrogen and oxygen atoms in total. The standard InChI is InChI=1S/C15H15N5/c1-10-6-7-12(9-11(10)2)20-15(16)14(18-19-20)13-5-3-4-8-17-13/h3-9H,16H2,1-2H3. The summed E-state index contributed by atoms with van der Waals surface area (Å²) in [7, 11) is 0. The van der Waals surface area contributed by atoms with E-state index < -0.39 is 0 Å². The molecule has 0 radical (unpaired) electrons. The Kier molecular flexibility index (Phi) is 2.95. The number of nitrogens with two attached hydrogens (primary N) is 1. The molecule has 2 aromatic heterocycles. The number of benzene rings is 1. The van der Waals surface area contributed by atoms with Crippen LogP contribution in [0.2, 0.25) is 0 Å². The van der Waals surface area contributed by atoms with Crippen molar-refractivity contribution in [3.05, 3.63) is 53.7 Å². The first-order chi connectivity index (χ1) is 9.66. The van der Waals surface area contributed by atoms with Crippen LogP contribution in [0.3, 0.4) is 0 Å². The molecular weight excluding hydrogens is 250 g/mol. The second-order valence-electron chi connectivity index (χ2n) is 4.72. The van der Waals surface area contributed by atoms with Crippen molar-refractivity contribution in [1.82, 2.24) is 20.0 Å². The summed E-state index contributed by atoms with van der Waals surface area (Å²) in [6.45, 7) is 4.13. The second kappa shape index (κ2) is 4.77. The summed E-state index contributed by atoms with van der Waals surface area (Å²) < 4.78 is 1.64. The molecule has 2 heterocycles. The van der Waals surface area contributed by atoms with Crippen LogP contribution < -0.4 is 5.73 Å². The fraction of sp³-hybridized carbons (Fsp3) is 0.133. The Morgan fingerprint density at radius 2 is 1.90 bits per heavy atom. The summed E-state index contributed by atoms with van der Waals surface area (Å²) >= 11 is 0. The van der Waals surface area contributed by atoms with Gasteiger partial charge in [-0.1, -0.05) is 17.3 Å². The van der Waals surface area contributed by atoms with Crippen LogP contribution in [0.25, 0.3) is 17.1 Å². The minimum Gasteiger partial charge on any atom is -0.382 e. The summed E-state index contributed by atoms with van der Waals surface area (Å²) in [5.74, 6) is 0.493. The van der Waals surface area contributed by atoms with Crippen molar-refractivity contribution < 1.29 is 0 Å². The molecule has 0 aliphatic heterocycles. The van der Waals surface area contributed by atoms with Crippen LogP contribution in [0.15, 0.2) is 42.6 Å². The van der Waals surface area contributed by atoms with Gasteiger partial charge in [-0.2, -0.15) is 4.68 Å². The maximum atomic E-state index is 6.15. The molecule has 0 saturated carbocycles. The van der Waals surface area contributed by atoms with Gasteiger partial charge in [0.2, 0.25) is 0 Å². The number of aromatic nitrogens is 4. The van der Waals surface area contributed by atoms with Gasteiger partial charge in [0.1, 0.15) is 0 Å². The average Bonchev–Trinajstić information content (AvgIpc) is 2.85. The molecule has 2 N–H and O–H groups in total. The molecule has 20 heavy (non-hydrogen) atoms. The lowest BCUT2D eigenvalue weighted by atomic mass is 10.1. The first-order valence-corrected chi connectivity index (χ1v) is 6.37. The number of pyridine rings is 1. The van der Waals surface area contributed by atoms with E-state index in [0.717, 1.165) is 11.4 Å². The maximum Gasteiger partial charge on any atom is 0.157 e. The monoisotopic (exact) mass is 265 g/mol. The minimum absolute atomic E-state index is 0.493. The fourth-order valence-corrected chi connectivity index (χ4v) is 2.02. The lowest BCUT2D eigenvalue weighted by Gasteiger charge is -2.06. The molecule has 0 unspecified atom stereocenters. The van der Waals surface area contributed by atoms with E-state index in [-0.39, 0.29) is 0 Å². The molecular formula is C15H15N5. The number of hydrogen-bond acceptors (Lipinski definition) is 4. The SMILES string of the molecule is Cc1ccc(-n2nnc(-c3ccccn3)c2N)cc1C. The number of nitrogen functional groups attached to an aromatic ring is 1. The molecule has 0 atom stereocenters. The Hall–Kier alpha value is -2.69. The molecule has 0 aliphatic rings. The summed E-state index contributed by atoms with van der Waals surface area (Å²) in [5.41, 5.74) is 10.8. The summed E-state index contributed by atoms with van der Waals surface area (Å²) in [6.07, 6.45) is 1.71.